The van der Waals surface area contributed by atoms with Crippen LogP contribution < -0.4 is 0 Å². The molecular formula is C29H30N2. The van der Waals surface area contributed by atoms with Gasteiger partial charge in [-0.25, -0.2) is 0 Å². The van der Waals surface area contributed by atoms with Crippen molar-refractivity contribution in [2.45, 2.75) is 31.2 Å². The molecule has 1 aliphatic heterocycles. The van der Waals surface area contributed by atoms with Crippen LogP contribution in [0.2, 0.25) is 0 Å². The van der Waals surface area contributed by atoms with E-state index in [-0.39, 0.29) is 0 Å². The molecule has 1 saturated carbocycles. The van der Waals surface area contributed by atoms with Gasteiger partial charge in [0.05, 0.1) is 6.07 Å². The van der Waals surface area contributed by atoms with Crippen LogP contribution in [0, 0.1) is 29.1 Å². The van der Waals surface area contributed by atoms with E-state index in [2.05, 4.69) is 89.8 Å². The number of piperidine rings is 1. The first kappa shape index (κ1) is 20.0. The molecule has 2 atom stereocenters. The largest absolute Gasteiger partial charge is 0.299 e. The van der Waals surface area contributed by atoms with Gasteiger partial charge in [0.1, 0.15) is 5.41 Å². The molecule has 0 amide bonds. The van der Waals surface area contributed by atoms with Crippen LogP contribution in [-0.4, -0.2) is 18.0 Å². The molecule has 2 aliphatic rings. The lowest BCUT2D eigenvalue weighted by Gasteiger charge is -2.42. The van der Waals surface area contributed by atoms with Gasteiger partial charge in [-0.3, -0.25) is 4.90 Å². The molecular weight excluding hydrogens is 376 g/mol. The van der Waals surface area contributed by atoms with Gasteiger partial charge in [0.15, 0.2) is 0 Å². The highest BCUT2D eigenvalue weighted by atomic mass is 15.1. The minimum absolute atomic E-state index is 0.574. The molecule has 31 heavy (non-hydrogen) atoms. The summed E-state index contributed by atoms with van der Waals surface area (Å²) in [5.41, 5.74) is 3.10. The van der Waals surface area contributed by atoms with E-state index in [4.69, 9.17) is 0 Å². The highest BCUT2D eigenvalue weighted by Gasteiger charge is 2.47. The summed E-state index contributed by atoms with van der Waals surface area (Å²) in [6.07, 6.45) is 3.52. The van der Waals surface area contributed by atoms with Crippen molar-refractivity contribution in [1.82, 2.24) is 4.90 Å². The van der Waals surface area contributed by atoms with E-state index >= 15 is 0 Å². The van der Waals surface area contributed by atoms with E-state index in [1.54, 1.807) is 0 Å². The molecule has 0 spiro atoms. The molecule has 3 aromatic carbocycles. The van der Waals surface area contributed by atoms with Gasteiger partial charge in [0.25, 0.3) is 0 Å². The molecule has 156 valence electrons. The fourth-order valence-electron chi connectivity index (χ4n) is 6.11. The average Bonchev–Trinajstić information content (AvgIpc) is 3.06. The second-order valence-corrected chi connectivity index (χ2v) is 9.39. The Bertz CT molecular complexity index is 969. The molecule has 0 aromatic heterocycles. The zero-order chi connectivity index (χ0) is 21.1. The molecule has 2 nitrogen and oxygen atoms in total. The summed E-state index contributed by atoms with van der Waals surface area (Å²) in [6.45, 7) is 3.35. The average molecular weight is 407 g/mol. The maximum Gasteiger partial charge on any atom is 0.107 e. The Balaban J connectivity index is 1.41. The molecule has 1 saturated heterocycles. The molecule has 2 fully saturated rings. The topological polar surface area (TPSA) is 27.0 Å². The number of nitrogens with zero attached hydrogens (tertiary/aromatic N) is 2. The van der Waals surface area contributed by atoms with Crippen molar-refractivity contribution in [3.63, 3.8) is 0 Å². The van der Waals surface area contributed by atoms with Crippen molar-refractivity contribution in [2.75, 3.05) is 13.1 Å². The Morgan fingerprint density at radius 3 is 1.71 bits per heavy atom. The highest BCUT2D eigenvalue weighted by Crippen LogP contribution is 2.49. The van der Waals surface area contributed by atoms with E-state index in [0.717, 1.165) is 37.2 Å². The number of hydrogen-bond donors (Lipinski definition) is 0. The number of nitriles is 1. The van der Waals surface area contributed by atoms with Gasteiger partial charge in [-0.05, 0) is 53.7 Å². The Labute approximate surface area is 186 Å². The third kappa shape index (κ3) is 3.91. The smallest absolute Gasteiger partial charge is 0.107 e. The zero-order valence-corrected chi connectivity index (χ0v) is 18.0. The van der Waals surface area contributed by atoms with Crippen LogP contribution in [0.3, 0.4) is 0 Å². The van der Waals surface area contributed by atoms with E-state index in [1.165, 1.54) is 18.4 Å². The number of likely N-dealkylation sites (tertiary alicyclic amines) is 1. The molecule has 0 radical (unpaired) electrons. The van der Waals surface area contributed by atoms with E-state index in [9.17, 15) is 5.26 Å². The van der Waals surface area contributed by atoms with Crippen molar-refractivity contribution < 1.29 is 0 Å². The van der Waals surface area contributed by atoms with Crippen molar-refractivity contribution in [1.29, 1.82) is 5.26 Å². The quantitative estimate of drug-likeness (QED) is 0.499. The number of rotatable bonds is 6. The Morgan fingerprint density at radius 1 is 0.742 bits per heavy atom. The van der Waals surface area contributed by atoms with Crippen LogP contribution in [0.15, 0.2) is 91.0 Å². The van der Waals surface area contributed by atoms with Crippen molar-refractivity contribution in [3.05, 3.63) is 108 Å². The fourth-order valence-corrected chi connectivity index (χ4v) is 6.11. The lowest BCUT2D eigenvalue weighted by Crippen LogP contribution is -2.44. The van der Waals surface area contributed by atoms with Gasteiger partial charge in [0, 0.05) is 19.6 Å². The summed E-state index contributed by atoms with van der Waals surface area (Å²) in [6, 6.07) is 34.6. The van der Waals surface area contributed by atoms with Gasteiger partial charge in [-0.2, -0.15) is 5.26 Å². The summed E-state index contributed by atoms with van der Waals surface area (Å²) < 4.78 is 0. The second-order valence-electron chi connectivity index (χ2n) is 9.39. The lowest BCUT2D eigenvalue weighted by molar-refractivity contribution is 0.0909. The maximum atomic E-state index is 10.6. The number of fused-ring (bicyclic) bond motifs is 2. The predicted octanol–water partition coefficient (Wildman–Crippen LogP) is 6.04. The van der Waals surface area contributed by atoms with E-state index in [1.807, 2.05) is 12.1 Å². The van der Waals surface area contributed by atoms with Crippen LogP contribution in [-0.2, 0) is 12.0 Å². The van der Waals surface area contributed by atoms with Gasteiger partial charge >= 0.3 is 0 Å². The standard InChI is InChI=1S/C29H30N2/c30-22-29(26-12-6-2-7-13-26,27-14-8-3-9-15-27)18-28-24-16-17-25(28)21-31(20-24)19-23-10-4-1-5-11-23/h1-15,24-25,28H,16-21H2. The summed E-state index contributed by atoms with van der Waals surface area (Å²) in [5.74, 6) is 1.97. The maximum absolute atomic E-state index is 10.6. The summed E-state index contributed by atoms with van der Waals surface area (Å²) in [5, 5.41) is 10.6. The van der Waals surface area contributed by atoms with Crippen LogP contribution in [0.25, 0.3) is 0 Å². The first-order valence-electron chi connectivity index (χ1n) is 11.6. The lowest BCUT2D eigenvalue weighted by atomic mass is 9.66. The van der Waals surface area contributed by atoms with Crippen LogP contribution >= 0.6 is 0 Å². The normalized spacial score (nSPS) is 23.4. The first-order chi connectivity index (χ1) is 15.3. The van der Waals surface area contributed by atoms with E-state index < -0.39 is 5.41 Å². The van der Waals surface area contributed by atoms with Crippen LogP contribution in [0.4, 0.5) is 0 Å². The Morgan fingerprint density at radius 2 is 1.23 bits per heavy atom. The predicted molar refractivity (Wildman–Crippen MR) is 125 cm³/mol. The number of hydrogen-bond acceptors (Lipinski definition) is 2. The third-order valence-electron chi connectivity index (χ3n) is 7.62. The van der Waals surface area contributed by atoms with Crippen molar-refractivity contribution >= 4 is 0 Å². The Hall–Kier alpha value is -2.89. The van der Waals surface area contributed by atoms with Crippen LogP contribution in [0.1, 0.15) is 36.0 Å². The SMILES string of the molecule is N#CC(CC1C2CCC1CN(Cc1ccccc1)C2)(c1ccccc1)c1ccccc1. The zero-order valence-electron chi connectivity index (χ0n) is 18.0. The van der Waals surface area contributed by atoms with Crippen molar-refractivity contribution in [3.8, 4) is 6.07 Å². The minimum Gasteiger partial charge on any atom is -0.299 e. The molecule has 2 unspecified atom stereocenters. The molecule has 3 aromatic rings. The summed E-state index contributed by atoms with van der Waals surface area (Å²) >= 11 is 0. The second kappa shape index (κ2) is 8.69. The molecule has 5 rings (SSSR count). The molecule has 1 aliphatic carbocycles. The molecule has 2 heteroatoms. The molecule has 0 N–H and O–H groups in total. The van der Waals surface area contributed by atoms with Crippen molar-refractivity contribution in [2.24, 2.45) is 17.8 Å². The molecule has 2 bridgehead atoms. The fraction of sp³-hybridized carbons (Fsp3) is 0.345. The van der Waals surface area contributed by atoms with Gasteiger partial charge in [-0.1, -0.05) is 91.0 Å². The molecule has 1 heterocycles. The Kier molecular flexibility index (Phi) is 5.62. The monoisotopic (exact) mass is 406 g/mol. The summed E-state index contributed by atoms with van der Waals surface area (Å²) in [7, 11) is 0. The van der Waals surface area contributed by atoms with E-state index in [0.29, 0.717) is 17.8 Å². The summed E-state index contributed by atoms with van der Waals surface area (Å²) in [4.78, 5) is 2.65. The van der Waals surface area contributed by atoms with Gasteiger partial charge < -0.3 is 0 Å². The highest BCUT2D eigenvalue weighted by molar-refractivity contribution is 5.46. The first-order valence-corrected chi connectivity index (χ1v) is 11.6. The van der Waals surface area contributed by atoms with Gasteiger partial charge in [0.2, 0.25) is 0 Å². The van der Waals surface area contributed by atoms with Crippen LogP contribution in [0.5, 0.6) is 0 Å². The minimum atomic E-state index is -0.574. The van der Waals surface area contributed by atoms with Gasteiger partial charge in [-0.15, -0.1) is 0 Å². The number of benzene rings is 3. The third-order valence-corrected chi connectivity index (χ3v) is 7.62.